The van der Waals surface area contributed by atoms with E-state index in [0.29, 0.717) is 5.92 Å². The smallest absolute Gasteiger partial charge is 0.309 e. The lowest BCUT2D eigenvalue weighted by Crippen LogP contribution is -2.39. The van der Waals surface area contributed by atoms with Crippen LogP contribution in [0.4, 0.5) is 0 Å². The van der Waals surface area contributed by atoms with Crippen LogP contribution in [0.2, 0.25) is 0 Å². The average Bonchev–Trinajstić information content (AvgIpc) is 2.17. The molecule has 1 N–H and O–H groups in total. The maximum absolute atomic E-state index is 11.2. The van der Waals surface area contributed by atoms with E-state index in [4.69, 9.17) is 4.74 Å². The highest BCUT2D eigenvalue weighted by Crippen LogP contribution is 2.19. The van der Waals surface area contributed by atoms with E-state index in [-0.39, 0.29) is 11.9 Å². The van der Waals surface area contributed by atoms with Crippen LogP contribution in [0.1, 0.15) is 19.8 Å². The van der Waals surface area contributed by atoms with Gasteiger partial charge in [0.05, 0.1) is 13.0 Å². The average molecular weight is 171 g/mol. The van der Waals surface area contributed by atoms with Gasteiger partial charge in [-0.2, -0.15) is 0 Å². The fourth-order valence-electron chi connectivity index (χ4n) is 1.69. The van der Waals surface area contributed by atoms with E-state index in [2.05, 4.69) is 12.2 Å². The first-order valence-corrected chi connectivity index (χ1v) is 4.56. The van der Waals surface area contributed by atoms with Crippen LogP contribution in [-0.4, -0.2) is 26.2 Å². The lowest BCUT2D eigenvalue weighted by molar-refractivity contribution is -0.146. The van der Waals surface area contributed by atoms with Crippen LogP contribution < -0.4 is 5.32 Å². The molecule has 2 atom stereocenters. The summed E-state index contributed by atoms with van der Waals surface area (Å²) in [5, 5.41) is 3.25. The van der Waals surface area contributed by atoms with Gasteiger partial charge in [-0.15, -0.1) is 0 Å². The molecule has 1 heterocycles. The highest BCUT2D eigenvalue weighted by atomic mass is 16.5. The van der Waals surface area contributed by atoms with Gasteiger partial charge in [-0.25, -0.2) is 0 Å². The number of ether oxygens (including phenoxy) is 1. The Labute approximate surface area is 73.5 Å². The summed E-state index contributed by atoms with van der Waals surface area (Å²) >= 11 is 0. The standard InChI is InChI=1S/C9H17NO2/c1-3-7-4-8(6-10-5-7)9(11)12-2/h7-8,10H,3-6H2,1-2H3. The Bertz CT molecular complexity index is 159. The van der Waals surface area contributed by atoms with Gasteiger partial charge in [0, 0.05) is 6.54 Å². The number of rotatable bonds is 2. The van der Waals surface area contributed by atoms with Gasteiger partial charge in [0.2, 0.25) is 0 Å². The SMILES string of the molecule is CCC1CNCC(C(=O)OC)C1. The third-order valence-corrected chi connectivity index (χ3v) is 2.55. The van der Waals surface area contributed by atoms with Gasteiger partial charge in [-0.1, -0.05) is 13.3 Å². The topological polar surface area (TPSA) is 38.3 Å². The van der Waals surface area contributed by atoms with Gasteiger partial charge >= 0.3 is 5.97 Å². The van der Waals surface area contributed by atoms with Crippen molar-refractivity contribution in [2.45, 2.75) is 19.8 Å². The third kappa shape index (κ3) is 2.21. The lowest BCUT2D eigenvalue weighted by atomic mass is 9.89. The quantitative estimate of drug-likeness (QED) is 0.624. The highest BCUT2D eigenvalue weighted by Gasteiger charge is 2.26. The van der Waals surface area contributed by atoms with E-state index in [1.54, 1.807) is 0 Å². The van der Waals surface area contributed by atoms with Crippen LogP contribution >= 0.6 is 0 Å². The predicted octanol–water partition coefficient (Wildman–Crippen LogP) is 0.795. The molecule has 12 heavy (non-hydrogen) atoms. The molecule has 1 saturated heterocycles. The molecule has 1 rings (SSSR count). The van der Waals surface area contributed by atoms with Crippen molar-refractivity contribution in [1.29, 1.82) is 0 Å². The first kappa shape index (κ1) is 9.52. The largest absolute Gasteiger partial charge is 0.469 e. The minimum absolute atomic E-state index is 0.0688. The summed E-state index contributed by atoms with van der Waals surface area (Å²) in [7, 11) is 1.46. The molecule has 0 spiro atoms. The van der Waals surface area contributed by atoms with E-state index in [1.165, 1.54) is 7.11 Å². The fraction of sp³-hybridized carbons (Fsp3) is 0.889. The molecule has 70 valence electrons. The fourth-order valence-corrected chi connectivity index (χ4v) is 1.69. The molecule has 0 aliphatic carbocycles. The van der Waals surface area contributed by atoms with Crippen molar-refractivity contribution in [2.75, 3.05) is 20.2 Å². The summed E-state index contributed by atoms with van der Waals surface area (Å²) in [4.78, 5) is 11.2. The second-order valence-corrected chi connectivity index (χ2v) is 3.39. The number of esters is 1. The molecule has 1 fully saturated rings. The molecule has 2 unspecified atom stereocenters. The number of carbonyl (C=O) groups is 1. The van der Waals surface area contributed by atoms with Crippen molar-refractivity contribution in [2.24, 2.45) is 11.8 Å². The zero-order chi connectivity index (χ0) is 8.97. The van der Waals surface area contributed by atoms with E-state index in [9.17, 15) is 4.79 Å². The Morgan fingerprint density at radius 3 is 2.92 bits per heavy atom. The molecule has 0 radical (unpaired) electrons. The number of methoxy groups -OCH3 is 1. The zero-order valence-electron chi connectivity index (χ0n) is 7.80. The normalized spacial score (nSPS) is 29.8. The third-order valence-electron chi connectivity index (χ3n) is 2.55. The number of nitrogens with one attached hydrogen (secondary N) is 1. The van der Waals surface area contributed by atoms with E-state index >= 15 is 0 Å². The molecule has 0 bridgehead atoms. The summed E-state index contributed by atoms with van der Waals surface area (Å²) in [6.07, 6.45) is 2.12. The monoisotopic (exact) mass is 171 g/mol. The van der Waals surface area contributed by atoms with Crippen molar-refractivity contribution in [3.8, 4) is 0 Å². The zero-order valence-corrected chi connectivity index (χ0v) is 7.80. The molecule has 0 aromatic heterocycles. The summed E-state index contributed by atoms with van der Waals surface area (Å²) in [5.41, 5.74) is 0. The van der Waals surface area contributed by atoms with Crippen molar-refractivity contribution in [3.63, 3.8) is 0 Å². The van der Waals surface area contributed by atoms with Crippen molar-refractivity contribution in [3.05, 3.63) is 0 Å². The number of piperidine rings is 1. The predicted molar refractivity (Wildman–Crippen MR) is 46.8 cm³/mol. The Morgan fingerprint density at radius 2 is 2.33 bits per heavy atom. The molecule has 0 amide bonds. The summed E-state index contributed by atoms with van der Waals surface area (Å²) in [6, 6.07) is 0. The van der Waals surface area contributed by atoms with Gasteiger partial charge < -0.3 is 10.1 Å². The van der Waals surface area contributed by atoms with Crippen LogP contribution in [0.15, 0.2) is 0 Å². The first-order chi connectivity index (χ1) is 5.77. The van der Waals surface area contributed by atoms with Gasteiger partial charge in [0.1, 0.15) is 0 Å². The van der Waals surface area contributed by atoms with Crippen molar-refractivity contribution in [1.82, 2.24) is 5.32 Å². The Kier molecular flexibility index (Phi) is 3.53. The van der Waals surface area contributed by atoms with E-state index in [1.807, 2.05) is 0 Å². The molecular formula is C9H17NO2. The molecule has 0 saturated carbocycles. The lowest BCUT2D eigenvalue weighted by Gasteiger charge is -2.27. The summed E-state index contributed by atoms with van der Waals surface area (Å²) in [5.74, 6) is 0.650. The molecular weight excluding hydrogens is 154 g/mol. The van der Waals surface area contributed by atoms with Crippen LogP contribution in [-0.2, 0) is 9.53 Å². The van der Waals surface area contributed by atoms with E-state index < -0.39 is 0 Å². The number of hydrogen-bond donors (Lipinski definition) is 1. The summed E-state index contributed by atoms with van der Waals surface area (Å²) in [6.45, 7) is 3.99. The Morgan fingerprint density at radius 1 is 1.58 bits per heavy atom. The van der Waals surface area contributed by atoms with Crippen LogP contribution in [0.25, 0.3) is 0 Å². The number of carbonyl (C=O) groups excluding carboxylic acids is 1. The van der Waals surface area contributed by atoms with Crippen molar-refractivity contribution < 1.29 is 9.53 Å². The minimum atomic E-state index is -0.0688. The van der Waals surface area contributed by atoms with Gasteiger partial charge in [0.25, 0.3) is 0 Å². The number of hydrogen-bond acceptors (Lipinski definition) is 3. The van der Waals surface area contributed by atoms with Crippen LogP contribution in [0.3, 0.4) is 0 Å². The Balaban J connectivity index is 2.40. The van der Waals surface area contributed by atoms with Crippen LogP contribution in [0.5, 0.6) is 0 Å². The molecule has 3 heteroatoms. The highest BCUT2D eigenvalue weighted by molar-refractivity contribution is 5.72. The van der Waals surface area contributed by atoms with Gasteiger partial charge in [0.15, 0.2) is 0 Å². The summed E-state index contributed by atoms with van der Waals surface area (Å²) < 4.78 is 4.70. The molecule has 3 nitrogen and oxygen atoms in total. The van der Waals surface area contributed by atoms with E-state index in [0.717, 1.165) is 25.9 Å². The van der Waals surface area contributed by atoms with Gasteiger partial charge in [-0.05, 0) is 18.9 Å². The maximum Gasteiger partial charge on any atom is 0.309 e. The second-order valence-electron chi connectivity index (χ2n) is 3.39. The van der Waals surface area contributed by atoms with Gasteiger partial charge in [-0.3, -0.25) is 4.79 Å². The second kappa shape index (κ2) is 4.45. The van der Waals surface area contributed by atoms with Crippen molar-refractivity contribution >= 4 is 5.97 Å². The first-order valence-electron chi connectivity index (χ1n) is 4.56. The molecule has 0 aromatic rings. The minimum Gasteiger partial charge on any atom is -0.469 e. The van der Waals surface area contributed by atoms with Crippen LogP contribution in [0, 0.1) is 11.8 Å². The molecule has 1 aliphatic heterocycles. The molecule has 1 aliphatic rings. The Hall–Kier alpha value is -0.570. The maximum atomic E-state index is 11.2. The molecule has 0 aromatic carbocycles.